The second kappa shape index (κ2) is 18.9. The number of fused-ring (bicyclic) bond motifs is 2. The molecule has 2 fully saturated rings. The van der Waals surface area contributed by atoms with Crippen LogP contribution in [0.3, 0.4) is 0 Å². The normalized spacial score (nSPS) is 17.3. The molecule has 1 atom stereocenters. The molecule has 0 unspecified atom stereocenters. The predicted octanol–water partition coefficient (Wildman–Crippen LogP) is 6.47. The van der Waals surface area contributed by atoms with Gasteiger partial charge in [-0.3, -0.25) is 29.0 Å². The SMILES string of the molecule is C=C1CCC[C@H](N2C(=O)c3cccc(NC(=O)CCCCCOc4cc5ncnc(Cc6ccc(F)c(Cl)c6)c5cc4OCCCN4CCOCC4)c3C2=O)C(=O)N1. The summed E-state index contributed by atoms with van der Waals surface area (Å²) >= 11 is 6.06. The van der Waals surface area contributed by atoms with E-state index < -0.39 is 29.6 Å². The van der Waals surface area contributed by atoms with Gasteiger partial charge in [-0.05, 0) is 80.8 Å². The van der Waals surface area contributed by atoms with E-state index in [1.165, 1.54) is 18.5 Å². The van der Waals surface area contributed by atoms with Gasteiger partial charge >= 0.3 is 0 Å². The van der Waals surface area contributed by atoms with Crippen molar-refractivity contribution in [3.63, 3.8) is 0 Å². The summed E-state index contributed by atoms with van der Waals surface area (Å²) in [7, 11) is 0. The first-order valence-electron chi connectivity index (χ1n) is 19.7. The number of nitrogens with zero attached hydrogens (tertiary/aromatic N) is 4. The molecular weight excluding hydrogens is 767 g/mol. The highest BCUT2D eigenvalue weighted by Crippen LogP contribution is 2.35. The Kier molecular flexibility index (Phi) is 13.3. The van der Waals surface area contributed by atoms with Crippen LogP contribution in [-0.2, 0) is 20.7 Å². The number of hydrogen-bond donors (Lipinski definition) is 2. The summed E-state index contributed by atoms with van der Waals surface area (Å²) in [6.45, 7) is 8.79. The maximum atomic E-state index is 13.8. The highest BCUT2D eigenvalue weighted by molar-refractivity contribution is 6.30. The molecule has 2 saturated heterocycles. The topological polar surface area (TPSA) is 152 Å². The Balaban J connectivity index is 0.946. The maximum absolute atomic E-state index is 13.8. The molecule has 3 aliphatic rings. The molecule has 3 aliphatic heterocycles. The number of rotatable bonds is 16. The first-order chi connectivity index (χ1) is 28.2. The second-order valence-electron chi connectivity index (χ2n) is 14.6. The van der Waals surface area contributed by atoms with E-state index in [-0.39, 0.29) is 34.2 Å². The number of halogens is 2. The maximum Gasteiger partial charge on any atom is 0.264 e. The van der Waals surface area contributed by atoms with Crippen molar-refractivity contribution in [1.82, 2.24) is 25.1 Å². The van der Waals surface area contributed by atoms with Crippen LogP contribution in [-0.4, -0.2) is 95.5 Å². The molecule has 0 bridgehead atoms. The van der Waals surface area contributed by atoms with Crippen molar-refractivity contribution in [2.75, 3.05) is 51.4 Å². The fourth-order valence-electron chi connectivity index (χ4n) is 7.48. The summed E-state index contributed by atoms with van der Waals surface area (Å²) in [5.41, 5.74) is 3.27. The summed E-state index contributed by atoms with van der Waals surface area (Å²) < 4.78 is 31.9. The van der Waals surface area contributed by atoms with Gasteiger partial charge in [-0.1, -0.05) is 30.3 Å². The third-order valence-corrected chi connectivity index (χ3v) is 10.8. The summed E-state index contributed by atoms with van der Waals surface area (Å²) in [6.07, 6.45) is 6.30. The van der Waals surface area contributed by atoms with Gasteiger partial charge in [0, 0.05) is 49.6 Å². The van der Waals surface area contributed by atoms with Gasteiger partial charge in [-0.25, -0.2) is 14.4 Å². The number of aromatic nitrogens is 2. The van der Waals surface area contributed by atoms with Gasteiger partial charge in [0.1, 0.15) is 18.2 Å². The molecule has 15 heteroatoms. The van der Waals surface area contributed by atoms with Crippen LogP contribution >= 0.6 is 11.6 Å². The smallest absolute Gasteiger partial charge is 0.264 e. The fourth-order valence-corrected chi connectivity index (χ4v) is 7.68. The second-order valence-corrected chi connectivity index (χ2v) is 15.0. The molecular formula is C43H46ClFN6O7. The Hall–Kier alpha value is -5.44. The molecule has 2 N–H and O–H groups in total. The van der Waals surface area contributed by atoms with E-state index in [1.807, 2.05) is 12.1 Å². The van der Waals surface area contributed by atoms with Crippen LogP contribution in [0.1, 0.15) is 83.3 Å². The number of benzene rings is 3. The van der Waals surface area contributed by atoms with Crippen molar-refractivity contribution in [3.05, 3.63) is 100 Å². The zero-order chi connectivity index (χ0) is 40.6. The Morgan fingerprint density at radius 3 is 2.59 bits per heavy atom. The number of imide groups is 1. The van der Waals surface area contributed by atoms with Gasteiger partial charge < -0.3 is 24.8 Å². The average Bonchev–Trinajstić information content (AvgIpc) is 3.34. The minimum absolute atomic E-state index is 0.0479. The predicted molar refractivity (Wildman–Crippen MR) is 216 cm³/mol. The van der Waals surface area contributed by atoms with Gasteiger partial charge in [0.15, 0.2) is 11.5 Å². The van der Waals surface area contributed by atoms with Crippen LogP contribution in [0, 0.1) is 5.82 Å². The Morgan fingerprint density at radius 2 is 1.78 bits per heavy atom. The van der Waals surface area contributed by atoms with Gasteiger partial charge in [-0.15, -0.1) is 0 Å². The van der Waals surface area contributed by atoms with Crippen molar-refractivity contribution < 1.29 is 37.8 Å². The molecule has 4 amide bonds. The lowest BCUT2D eigenvalue weighted by Crippen LogP contribution is -2.48. The number of hydrogen-bond acceptors (Lipinski definition) is 10. The lowest BCUT2D eigenvalue weighted by atomic mass is 10.1. The molecule has 0 spiro atoms. The van der Waals surface area contributed by atoms with Gasteiger partial charge in [0.2, 0.25) is 11.8 Å². The van der Waals surface area contributed by atoms with E-state index in [4.69, 9.17) is 25.8 Å². The summed E-state index contributed by atoms with van der Waals surface area (Å²) in [6, 6.07) is 12.1. The standard InChI is InChI=1S/C43H46ClFN6O7/c1-27-8-5-11-36(41(53)48-27)51-42(54)29-9-6-10-33(40(29)43(51)55)49-39(52)12-3-2-4-18-57-38-25-35-30(24-37(38)58-19-7-15-50-16-20-56-21-17-50)34(46-26-47-35)23-28-13-14-32(45)31(44)22-28/h6,9-10,13-14,22,24-26,36H,1-5,7-8,11-12,15-21,23H2,(H,48,53)(H,49,52)/t36-/m0/s1. The van der Waals surface area contributed by atoms with Gasteiger partial charge in [0.05, 0.1) is 59.5 Å². The molecule has 4 heterocycles. The molecule has 0 saturated carbocycles. The minimum Gasteiger partial charge on any atom is -0.490 e. The first kappa shape index (κ1) is 40.7. The molecule has 304 valence electrons. The largest absolute Gasteiger partial charge is 0.490 e. The summed E-state index contributed by atoms with van der Waals surface area (Å²) in [5, 5.41) is 6.33. The summed E-state index contributed by atoms with van der Waals surface area (Å²) in [4.78, 5) is 65.1. The molecule has 0 aliphatic carbocycles. The Morgan fingerprint density at radius 1 is 0.983 bits per heavy atom. The molecule has 58 heavy (non-hydrogen) atoms. The molecule has 3 aromatic carbocycles. The lowest BCUT2D eigenvalue weighted by Gasteiger charge is -2.26. The molecule has 4 aromatic rings. The summed E-state index contributed by atoms with van der Waals surface area (Å²) in [5.74, 6) is -1.27. The van der Waals surface area contributed by atoms with Crippen molar-refractivity contribution in [2.45, 2.75) is 63.8 Å². The Labute approximate surface area is 340 Å². The van der Waals surface area contributed by atoms with Gasteiger partial charge in [0.25, 0.3) is 11.8 Å². The number of nitrogens with one attached hydrogen (secondary N) is 2. The van der Waals surface area contributed by atoms with Crippen molar-refractivity contribution in [1.29, 1.82) is 0 Å². The van der Waals surface area contributed by atoms with Gasteiger partial charge in [-0.2, -0.15) is 0 Å². The molecule has 1 aromatic heterocycles. The quantitative estimate of drug-likeness (QED) is 0.0952. The number of unbranched alkanes of at least 4 members (excludes halogenated alkanes) is 2. The van der Waals surface area contributed by atoms with Crippen molar-refractivity contribution in [2.24, 2.45) is 0 Å². The average molecular weight is 813 g/mol. The number of amides is 4. The highest BCUT2D eigenvalue weighted by Gasteiger charge is 2.44. The van der Waals surface area contributed by atoms with Crippen LogP contribution < -0.4 is 20.1 Å². The van der Waals surface area contributed by atoms with Crippen LogP contribution in [0.25, 0.3) is 10.9 Å². The Bertz CT molecular complexity index is 2210. The van der Waals surface area contributed by atoms with Crippen molar-refractivity contribution in [3.8, 4) is 11.5 Å². The van der Waals surface area contributed by atoms with Crippen LogP contribution in [0.15, 0.2) is 67.1 Å². The lowest BCUT2D eigenvalue weighted by molar-refractivity contribution is -0.124. The number of morpholine rings is 1. The molecule has 0 radical (unpaired) electrons. The third-order valence-electron chi connectivity index (χ3n) is 10.5. The number of carbonyl (C=O) groups is 4. The zero-order valence-electron chi connectivity index (χ0n) is 32.2. The van der Waals surface area contributed by atoms with Crippen LogP contribution in [0.5, 0.6) is 11.5 Å². The number of carbonyl (C=O) groups excluding carboxylic acids is 4. The number of allylic oxidation sites excluding steroid dienone is 1. The number of ether oxygens (including phenoxy) is 3. The van der Waals surface area contributed by atoms with Crippen LogP contribution in [0.4, 0.5) is 10.1 Å². The number of anilines is 1. The third kappa shape index (κ3) is 9.63. The van der Waals surface area contributed by atoms with E-state index in [1.54, 1.807) is 24.3 Å². The van der Waals surface area contributed by atoms with E-state index in [2.05, 4.69) is 32.1 Å². The van der Waals surface area contributed by atoms with E-state index >= 15 is 0 Å². The van der Waals surface area contributed by atoms with Crippen LogP contribution in [0.2, 0.25) is 5.02 Å². The zero-order valence-corrected chi connectivity index (χ0v) is 33.0. The van der Waals surface area contributed by atoms with E-state index in [0.29, 0.717) is 80.9 Å². The minimum atomic E-state index is -0.950. The van der Waals surface area contributed by atoms with Crippen molar-refractivity contribution >= 4 is 51.8 Å². The molecule has 7 rings (SSSR count). The highest BCUT2D eigenvalue weighted by atomic mass is 35.5. The monoisotopic (exact) mass is 812 g/mol. The van der Waals surface area contributed by atoms with E-state index in [0.717, 1.165) is 60.8 Å². The fraction of sp³-hybridized carbons (Fsp3) is 0.395. The molecule has 13 nitrogen and oxygen atoms in total. The first-order valence-corrected chi connectivity index (χ1v) is 20.1. The van der Waals surface area contributed by atoms with E-state index in [9.17, 15) is 23.6 Å².